The molecule has 1 heterocycles. The minimum absolute atomic E-state index is 0.129. The highest BCUT2D eigenvalue weighted by molar-refractivity contribution is 5.88. The van der Waals surface area contributed by atoms with Crippen molar-refractivity contribution in [3.63, 3.8) is 0 Å². The number of ether oxygens (including phenoxy) is 3. The molecule has 21 heavy (non-hydrogen) atoms. The first-order valence-electron chi connectivity index (χ1n) is 6.60. The van der Waals surface area contributed by atoms with Crippen molar-refractivity contribution >= 4 is 11.6 Å². The Kier molecular flexibility index (Phi) is 3.44. The van der Waals surface area contributed by atoms with Crippen molar-refractivity contribution in [3.05, 3.63) is 47.5 Å². The van der Waals surface area contributed by atoms with Crippen LogP contribution in [-0.2, 0) is 0 Å². The van der Waals surface area contributed by atoms with Crippen molar-refractivity contribution in [2.24, 2.45) is 0 Å². The first-order valence-corrected chi connectivity index (χ1v) is 6.60. The largest absolute Gasteiger partial charge is 0.504 e. The van der Waals surface area contributed by atoms with Crippen molar-refractivity contribution in [1.29, 1.82) is 0 Å². The molecule has 3 rings (SSSR count). The normalized spacial score (nSPS) is 14.7. The standard InChI is InChI=1S/C17H16O4/c1-19-15-5-3-4-13-12(10-21-17(13)15)8-11-6-7-14(18)16(9-11)20-2/h3-9,18H,10H2,1-2H3. The van der Waals surface area contributed by atoms with E-state index in [1.54, 1.807) is 19.2 Å². The quantitative estimate of drug-likeness (QED) is 0.939. The predicted molar refractivity (Wildman–Crippen MR) is 81.0 cm³/mol. The molecule has 0 fully saturated rings. The lowest BCUT2D eigenvalue weighted by molar-refractivity contribution is 0.344. The Morgan fingerprint density at radius 1 is 1.10 bits per heavy atom. The van der Waals surface area contributed by atoms with E-state index in [9.17, 15) is 5.11 Å². The maximum Gasteiger partial charge on any atom is 0.169 e. The van der Waals surface area contributed by atoms with Crippen molar-refractivity contribution < 1.29 is 19.3 Å². The number of benzene rings is 2. The summed E-state index contributed by atoms with van der Waals surface area (Å²) >= 11 is 0. The van der Waals surface area contributed by atoms with Crippen molar-refractivity contribution in [2.45, 2.75) is 0 Å². The third-order valence-corrected chi connectivity index (χ3v) is 3.46. The van der Waals surface area contributed by atoms with E-state index >= 15 is 0 Å². The fraction of sp³-hybridized carbons (Fsp3) is 0.176. The van der Waals surface area contributed by atoms with E-state index in [0.29, 0.717) is 12.4 Å². The number of rotatable bonds is 3. The summed E-state index contributed by atoms with van der Waals surface area (Å²) in [5.41, 5.74) is 3.04. The van der Waals surface area contributed by atoms with Crippen LogP contribution in [0, 0.1) is 0 Å². The minimum Gasteiger partial charge on any atom is -0.504 e. The SMILES string of the molecule is COc1cc(C=C2COc3c(OC)cccc32)ccc1O. The maximum absolute atomic E-state index is 9.63. The molecule has 2 aromatic carbocycles. The predicted octanol–water partition coefficient (Wildman–Crippen LogP) is 3.34. The molecule has 0 bridgehead atoms. The molecule has 0 atom stereocenters. The Balaban J connectivity index is 2.00. The number of hydrogen-bond donors (Lipinski definition) is 1. The zero-order chi connectivity index (χ0) is 14.8. The van der Waals surface area contributed by atoms with Gasteiger partial charge in [-0.05, 0) is 29.8 Å². The molecular weight excluding hydrogens is 268 g/mol. The lowest BCUT2D eigenvalue weighted by Crippen LogP contribution is -1.90. The van der Waals surface area contributed by atoms with Crippen molar-refractivity contribution in [2.75, 3.05) is 20.8 Å². The number of para-hydroxylation sites is 1. The van der Waals surface area contributed by atoms with Gasteiger partial charge in [0.25, 0.3) is 0 Å². The molecule has 0 aromatic heterocycles. The summed E-state index contributed by atoms with van der Waals surface area (Å²) in [6, 6.07) is 11.1. The van der Waals surface area contributed by atoms with E-state index in [2.05, 4.69) is 0 Å². The number of aromatic hydroxyl groups is 1. The zero-order valence-corrected chi connectivity index (χ0v) is 11.9. The molecule has 0 spiro atoms. The summed E-state index contributed by atoms with van der Waals surface area (Å²) in [5.74, 6) is 2.09. The molecule has 108 valence electrons. The highest BCUT2D eigenvalue weighted by Crippen LogP contribution is 2.41. The van der Waals surface area contributed by atoms with Crippen molar-refractivity contribution in [1.82, 2.24) is 0 Å². The van der Waals surface area contributed by atoms with E-state index in [-0.39, 0.29) is 5.75 Å². The van der Waals surface area contributed by atoms with Crippen LogP contribution in [0.3, 0.4) is 0 Å². The molecule has 0 aliphatic carbocycles. The maximum atomic E-state index is 9.63. The number of phenols is 1. The number of fused-ring (bicyclic) bond motifs is 1. The van der Waals surface area contributed by atoms with E-state index in [0.717, 1.165) is 28.2 Å². The lowest BCUT2D eigenvalue weighted by Gasteiger charge is -2.05. The Bertz CT molecular complexity index is 704. The van der Waals surface area contributed by atoms with Gasteiger partial charge in [-0.3, -0.25) is 0 Å². The number of hydrogen-bond acceptors (Lipinski definition) is 4. The molecule has 0 amide bonds. The van der Waals surface area contributed by atoms with Gasteiger partial charge in [-0.1, -0.05) is 18.2 Å². The van der Waals surface area contributed by atoms with Gasteiger partial charge in [0.2, 0.25) is 0 Å². The second kappa shape index (κ2) is 5.40. The summed E-state index contributed by atoms with van der Waals surface area (Å²) < 4.78 is 16.1. The smallest absolute Gasteiger partial charge is 0.169 e. The molecule has 0 saturated heterocycles. The Morgan fingerprint density at radius 2 is 1.90 bits per heavy atom. The second-order valence-electron chi connectivity index (χ2n) is 4.73. The minimum atomic E-state index is 0.129. The van der Waals surface area contributed by atoms with Gasteiger partial charge in [0.15, 0.2) is 23.0 Å². The van der Waals surface area contributed by atoms with Gasteiger partial charge < -0.3 is 19.3 Å². The summed E-state index contributed by atoms with van der Waals surface area (Å²) in [6.45, 7) is 0.499. The highest BCUT2D eigenvalue weighted by Gasteiger charge is 2.21. The average molecular weight is 284 g/mol. The van der Waals surface area contributed by atoms with Gasteiger partial charge in [0.05, 0.1) is 14.2 Å². The summed E-state index contributed by atoms with van der Waals surface area (Å²) in [7, 11) is 3.16. The topological polar surface area (TPSA) is 47.9 Å². The van der Waals surface area contributed by atoms with Crippen LogP contribution < -0.4 is 14.2 Å². The van der Waals surface area contributed by atoms with Crippen LogP contribution in [0.25, 0.3) is 11.6 Å². The van der Waals surface area contributed by atoms with E-state index in [1.165, 1.54) is 7.11 Å². The molecule has 1 aliphatic rings. The fourth-order valence-electron chi connectivity index (χ4n) is 2.41. The summed E-state index contributed by atoms with van der Waals surface area (Å²) in [6.07, 6.45) is 2.02. The molecule has 0 unspecified atom stereocenters. The second-order valence-corrected chi connectivity index (χ2v) is 4.73. The Labute approximate surface area is 123 Å². The van der Waals surface area contributed by atoms with Gasteiger partial charge in [-0.25, -0.2) is 0 Å². The van der Waals surface area contributed by atoms with Gasteiger partial charge in [-0.2, -0.15) is 0 Å². The van der Waals surface area contributed by atoms with Crippen LogP contribution >= 0.6 is 0 Å². The van der Waals surface area contributed by atoms with Crippen LogP contribution in [0.5, 0.6) is 23.0 Å². The number of methoxy groups -OCH3 is 2. The molecule has 2 aromatic rings. The van der Waals surface area contributed by atoms with Crippen LogP contribution in [0.4, 0.5) is 0 Å². The molecule has 1 N–H and O–H groups in total. The lowest BCUT2D eigenvalue weighted by atomic mass is 10.0. The molecule has 4 heteroatoms. The zero-order valence-electron chi connectivity index (χ0n) is 11.9. The monoisotopic (exact) mass is 284 g/mol. The average Bonchev–Trinajstić information content (AvgIpc) is 2.92. The Hall–Kier alpha value is -2.62. The van der Waals surface area contributed by atoms with E-state index in [1.807, 2.05) is 30.3 Å². The van der Waals surface area contributed by atoms with Crippen LogP contribution in [-0.4, -0.2) is 25.9 Å². The Morgan fingerprint density at radius 3 is 2.67 bits per heavy atom. The molecule has 4 nitrogen and oxygen atoms in total. The van der Waals surface area contributed by atoms with Gasteiger partial charge in [0, 0.05) is 11.1 Å². The fourth-order valence-corrected chi connectivity index (χ4v) is 2.41. The van der Waals surface area contributed by atoms with Crippen LogP contribution in [0.2, 0.25) is 0 Å². The first-order chi connectivity index (χ1) is 10.2. The van der Waals surface area contributed by atoms with Gasteiger partial charge >= 0.3 is 0 Å². The third-order valence-electron chi connectivity index (χ3n) is 3.46. The first kappa shape index (κ1) is 13.4. The highest BCUT2D eigenvalue weighted by atomic mass is 16.5. The number of phenolic OH excluding ortho intramolecular Hbond substituents is 1. The summed E-state index contributed by atoms with van der Waals surface area (Å²) in [5, 5.41) is 9.63. The molecule has 0 saturated carbocycles. The summed E-state index contributed by atoms with van der Waals surface area (Å²) in [4.78, 5) is 0. The molecular formula is C17H16O4. The van der Waals surface area contributed by atoms with Crippen molar-refractivity contribution in [3.8, 4) is 23.0 Å². The van der Waals surface area contributed by atoms with Gasteiger partial charge in [0.1, 0.15) is 6.61 Å². The third kappa shape index (κ3) is 2.40. The molecule has 1 aliphatic heterocycles. The van der Waals surface area contributed by atoms with Crippen LogP contribution in [0.1, 0.15) is 11.1 Å². The molecule has 0 radical (unpaired) electrons. The van der Waals surface area contributed by atoms with Crippen LogP contribution in [0.15, 0.2) is 36.4 Å². The van der Waals surface area contributed by atoms with Gasteiger partial charge in [-0.15, -0.1) is 0 Å². The van der Waals surface area contributed by atoms with E-state index < -0.39 is 0 Å². The van der Waals surface area contributed by atoms with E-state index in [4.69, 9.17) is 14.2 Å².